The van der Waals surface area contributed by atoms with E-state index in [0.29, 0.717) is 18.4 Å². The molecule has 0 bridgehead atoms. The van der Waals surface area contributed by atoms with Crippen molar-refractivity contribution in [1.29, 1.82) is 0 Å². The monoisotopic (exact) mass is 222 g/mol. The van der Waals surface area contributed by atoms with Crippen LogP contribution < -0.4 is 15.2 Å². The molecule has 0 aliphatic heterocycles. The van der Waals surface area contributed by atoms with Crippen molar-refractivity contribution in [2.24, 2.45) is 5.73 Å². The van der Waals surface area contributed by atoms with Gasteiger partial charge in [-0.25, -0.2) is 0 Å². The maximum Gasteiger partial charge on any atom is 0.216 e. The highest BCUT2D eigenvalue weighted by atomic mass is 16.5. The summed E-state index contributed by atoms with van der Waals surface area (Å²) in [5, 5.41) is 0. The summed E-state index contributed by atoms with van der Waals surface area (Å²) in [4.78, 5) is 4.18. The van der Waals surface area contributed by atoms with Crippen LogP contribution in [0.4, 0.5) is 0 Å². The first-order chi connectivity index (χ1) is 7.72. The molecular weight excluding hydrogens is 204 g/mol. The van der Waals surface area contributed by atoms with E-state index in [4.69, 9.17) is 15.2 Å². The van der Waals surface area contributed by atoms with Crippen LogP contribution in [-0.4, -0.2) is 24.2 Å². The fourth-order valence-electron chi connectivity index (χ4n) is 2.03. The third-order valence-electron chi connectivity index (χ3n) is 3.01. The van der Waals surface area contributed by atoms with E-state index in [1.54, 1.807) is 13.2 Å². The normalized spacial score (nSPS) is 18.4. The van der Waals surface area contributed by atoms with Crippen LogP contribution in [0.2, 0.25) is 0 Å². The second-order valence-electron chi connectivity index (χ2n) is 4.38. The van der Waals surface area contributed by atoms with Gasteiger partial charge in [0, 0.05) is 12.1 Å². The molecule has 16 heavy (non-hydrogen) atoms. The molecule has 1 fully saturated rings. The molecule has 1 aliphatic rings. The number of pyridine rings is 1. The molecule has 2 N–H and O–H groups in total. The second kappa shape index (κ2) is 4.70. The molecule has 0 aromatic carbocycles. The van der Waals surface area contributed by atoms with Gasteiger partial charge in [0.25, 0.3) is 0 Å². The van der Waals surface area contributed by atoms with Gasteiger partial charge in [0.15, 0.2) is 0 Å². The number of ether oxygens (including phenoxy) is 2. The Kier molecular flexibility index (Phi) is 3.29. The molecule has 0 atom stereocenters. The summed E-state index contributed by atoms with van der Waals surface area (Å²) in [6.07, 6.45) is 4.48. The minimum absolute atomic E-state index is 0.162. The highest BCUT2D eigenvalue weighted by molar-refractivity contribution is 5.19. The summed E-state index contributed by atoms with van der Waals surface area (Å²) in [7, 11) is 1.59. The standard InChI is InChI=1S/C12H18N2O2/c1-15-10-5-4-6-11(14-10)16-9-12(13)7-2-3-8-12/h4-6H,2-3,7-9,13H2,1H3. The minimum Gasteiger partial charge on any atom is -0.481 e. The molecule has 4 heteroatoms. The van der Waals surface area contributed by atoms with Crippen molar-refractivity contribution >= 4 is 0 Å². The Balaban J connectivity index is 1.93. The third-order valence-corrected chi connectivity index (χ3v) is 3.01. The van der Waals surface area contributed by atoms with Crippen LogP contribution >= 0.6 is 0 Å². The van der Waals surface area contributed by atoms with E-state index < -0.39 is 0 Å². The molecule has 1 aromatic rings. The SMILES string of the molecule is COc1cccc(OCC2(N)CCCC2)n1. The lowest BCUT2D eigenvalue weighted by atomic mass is 10.0. The van der Waals surface area contributed by atoms with Gasteiger partial charge >= 0.3 is 0 Å². The summed E-state index contributed by atoms with van der Waals surface area (Å²) in [6.45, 7) is 0.535. The van der Waals surface area contributed by atoms with Gasteiger partial charge in [0.2, 0.25) is 11.8 Å². The predicted molar refractivity (Wildman–Crippen MR) is 61.7 cm³/mol. The molecule has 1 saturated carbocycles. The maximum absolute atomic E-state index is 6.19. The Morgan fingerprint density at radius 3 is 2.69 bits per heavy atom. The van der Waals surface area contributed by atoms with E-state index >= 15 is 0 Å². The number of hydrogen-bond acceptors (Lipinski definition) is 4. The minimum atomic E-state index is -0.162. The zero-order valence-corrected chi connectivity index (χ0v) is 9.61. The fourth-order valence-corrected chi connectivity index (χ4v) is 2.03. The first kappa shape index (κ1) is 11.2. The van der Waals surface area contributed by atoms with Gasteiger partial charge < -0.3 is 15.2 Å². The smallest absolute Gasteiger partial charge is 0.216 e. The average Bonchev–Trinajstić information content (AvgIpc) is 2.75. The highest BCUT2D eigenvalue weighted by Crippen LogP contribution is 2.27. The summed E-state index contributed by atoms with van der Waals surface area (Å²) in [5.74, 6) is 1.14. The molecule has 4 nitrogen and oxygen atoms in total. The lowest BCUT2D eigenvalue weighted by Gasteiger charge is -2.23. The molecule has 1 aromatic heterocycles. The van der Waals surface area contributed by atoms with Gasteiger partial charge in [-0.3, -0.25) is 0 Å². The molecule has 0 amide bonds. The topological polar surface area (TPSA) is 57.4 Å². The number of hydrogen-bond donors (Lipinski definition) is 1. The van der Waals surface area contributed by atoms with Gasteiger partial charge in [-0.05, 0) is 12.8 Å². The highest BCUT2D eigenvalue weighted by Gasteiger charge is 2.30. The quantitative estimate of drug-likeness (QED) is 0.843. The van der Waals surface area contributed by atoms with E-state index in [2.05, 4.69) is 4.98 Å². The van der Waals surface area contributed by atoms with Crippen molar-refractivity contribution < 1.29 is 9.47 Å². The average molecular weight is 222 g/mol. The van der Waals surface area contributed by atoms with Gasteiger partial charge in [0.1, 0.15) is 6.61 Å². The summed E-state index contributed by atoms with van der Waals surface area (Å²) in [6, 6.07) is 5.47. The lowest BCUT2D eigenvalue weighted by molar-refractivity contribution is 0.211. The molecule has 0 unspecified atom stereocenters. The van der Waals surface area contributed by atoms with Crippen LogP contribution in [0.3, 0.4) is 0 Å². The Morgan fingerprint density at radius 1 is 1.31 bits per heavy atom. The van der Waals surface area contributed by atoms with Crippen molar-refractivity contribution in [3.63, 3.8) is 0 Å². The number of rotatable bonds is 4. The fraction of sp³-hybridized carbons (Fsp3) is 0.583. The Bertz CT molecular complexity index is 349. The summed E-state index contributed by atoms with van der Waals surface area (Å²) >= 11 is 0. The first-order valence-corrected chi connectivity index (χ1v) is 5.65. The first-order valence-electron chi connectivity index (χ1n) is 5.65. The third kappa shape index (κ3) is 2.64. The van der Waals surface area contributed by atoms with E-state index in [9.17, 15) is 0 Å². The van der Waals surface area contributed by atoms with Crippen molar-refractivity contribution in [1.82, 2.24) is 4.98 Å². The number of nitrogens with two attached hydrogens (primary N) is 1. The molecule has 0 radical (unpaired) electrons. The van der Waals surface area contributed by atoms with Crippen molar-refractivity contribution in [3.05, 3.63) is 18.2 Å². The molecule has 2 rings (SSSR count). The van der Waals surface area contributed by atoms with E-state index in [1.165, 1.54) is 12.8 Å². The van der Waals surface area contributed by atoms with E-state index in [-0.39, 0.29) is 5.54 Å². The van der Waals surface area contributed by atoms with Crippen LogP contribution in [-0.2, 0) is 0 Å². The van der Waals surface area contributed by atoms with E-state index in [1.807, 2.05) is 12.1 Å². The van der Waals surface area contributed by atoms with Crippen molar-refractivity contribution in [2.45, 2.75) is 31.2 Å². The van der Waals surface area contributed by atoms with Crippen LogP contribution in [0.1, 0.15) is 25.7 Å². The zero-order valence-electron chi connectivity index (χ0n) is 9.61. The van der Waals surface area contributed by atoms with E-state index in [0.717, 1.165) is 12.8 Å². The molecule has 1 heterocycles. The zero-order chi connectivity index (χ0) is 11.4. The number of nitrogens with zero attached hydrogens (tertiary/aromatic N) is 1. The number of aromatic nitrogens is 1. The second-order valence-corrected chi connectivity index (χ2v) is 4.38. The Morgan fingerprint density at radius 2 is 2.00 bits per heavy atom. The van der Waals surface area contributed by atoms with Gasteiger partial charge in [-0.1, -0.05) is 18.9 Å². The maximum atomic E-state index is 6.19. The van der Waals surface area contributed by atoms with Gasteiger partial charge in [0.05, 0.1) is 12.6 Å². The summed E-state index contributed by atoms with van der Waals surface area (Å²) < 4.78 is 10.6. The Hall–Kier alpha value is -1.29. The van der Waals surface area contributed by atoms with Crippen LogP contribution in [0.25, 0.3) is 0 Å². The summed E-state index contributed by atoms with van der Waals surface area (Å²) in [5.41, 5.74) is 6.03. The molecule has 88 valence electrons. The van der Waals surface area contributed by atoms with Crippen LogP contribution in [0, 0.1) is 0 Å². The molecule has 0 spiro atoms. The lowest BCUT2D eigenvalue weighted by Crippen LogP contribution is -2.42. The van der Waals surface area contributed by atoms with Crippen molar-refractivity contribution in [3.8, 4) is 11.8 Å². The van der Waals surface area contributed by atoms with Crippen LogP contribution in [0.15, 0.2) is 18.2 Å². The largest absolute Gasteiger partial charge is 0.481 e. The van der Waals surface area contributed by atoms with Crippen LogP contribution in [0.5, 0.6) is 11.8 Å². The predicted octanol–water partition coefficient (Wildman–Crippen LogP) is 1.74. The molecule has 1 aliphatic carbocycles. The molecule has 0 saturated heterocycles. The van der Waals surface area contributed by atoms with Gasteiger partial charge in [-0.15, -0.1) is 0 Å². The van der Waals surface area contributed by atoms with Gasteiger partial charge in [-0.2, -0.15) is 4.98 Å². The Labute approximate surface area is 95.8 Å². The number of methoxy groups -OCH3 is 1. The van der Waals surface area contributed by atoms with Crippen molar-refractivity contribution in [2.75, 3.05) is 13.7 Å². The molecular formula is C12H18N2O2.